The normalized spacial score (nSPS) is 20.1. The fourth-order valence-corrected chi connectivity index (χ4v) is 6.11. The Kier molecular flexibility index (Phi) is 7.25. The van der Waals surface area contributed by atoms with Crippen LogP contribution in [0.25, 0.3) is 11.5 Å². The Labute approximate surface area is 233 Å². The maximum atomic E-state index is 14.9. The molecule has 1 saturated carbocycles. The third-order valence-corrected chi connectivity index (χ3v) is 8.47. The van der Waals surface area contributed by atoms with Gasteiger partial charge in [0.1, 0.15) is 22.9 Å². The molecular formula is C30H35FN6O3. The van der Waals surface area contributed by atoms with Gasteiger partial charge in [-0.05, 0) is 63.1 Å². The number of halogens is 1. The van der Waals surface area contributed by atoms with E-state index in [9.17, 15) is 19.6 Å². The van der Waals surface area contributed by atoms with Crippen LogP contribution in [0.3, 0.4) is 0 Å². The number of carbonyl (C=O) groups excluding carboxylic acids is 1. The third-order valence-electron chi connectivity index (χ3n) is 8.47. The standard InChI is InChI=1S/C30H35FN6O3/c1-29(2,18-32)22-10-9-19(15-23(22)31)11-13-30(20-7-5-6-8-20)17-25(38)21(28(39)40-30)16-26-34-27(37(4)35-26)24-12-14-33-36(24)3/h9-10,12,14-15,20,38H,5-8,11,13,16-17H2,1-4H3. The topological polar surface area (TPSA) is 119 Å². The van der Waals surface area contributed by atoms with Crippen molar-refractivity contribution in [2.75, 3.05) is 0 Å². The maximum Gasteiger partial charge on any atom is 0.338 e. The minimum absolute atomic E-state index is 0.00925. The van der Waals surface area contributed by atoms with E-state index in [2.05, 4.69) is 21.3 Å². The highest BCUT2D eigenvalue weighted by atomic mass is 19.1. The molecule has 1 aromatic carbocycles. The molecule has 0 radical (unpaired) electrons. The van der Waals surface area contributed by atoms with E-state index >= 15 is 0 Å². The molecule has 1 fully saturated rings. The number of aryl methyl sites for hydroxylation is 3. The van der Waals surface area contributed by atoms with Crippen molar-refractivity contribution in [2.24, 2.45) is 20.0 Å². The monoisotopic (exact) mass is 546 g/mol. The molecule has 2 aliphatic rings. The number of cyclic esters (lactones) is 1. The summed E-state index contributed by atoms with van der Waals surface area (Å²) in [6.45, 7) is 3.38. The van der Waals surface area contributed by atoms with Crippen molar-refractivity contribution < 1.29 is 19.0 Å². The van der Waals surface area contributed by atoms with Crippen LogP contribution in [0.5, 0.6) is 0 Å². The van der Waals surface area contributed by atoms with E-state index in [4.69, 9.17) is 4.74 Å². The van der Waals surface area contributed by atoms with Crippen molar-refractivity contribution in [1.29, 1.82) is 5.26 Å². The van der Waals surface area contributed by atoms with Gasteiger partial charge in [0, 0.05) is 38.7 Å². The zero-order valence-electron chi connectivity index (χ0n) is 23.4. The summed E-state index contributed by atoms with van der Waals surface area (Å²) in [7, 11) is 3.59. The molecule has 2 aromatic heterocycles. The van der Waals surface area contributed by atoms with Gasteiger partial charge in [-0.15, -0.1) is 0 Å². The van der Waals surface area contributed by atoms with E-state index in [0.717, 1.165) is 36.9 Å². The van der Waals surface area contributed by atoms with Crippen molar-refractivity contribution in [3.63, 3.8) is 0 Å². The third kappa shape index (κ3) is 5.12. The average Bonchev–Trinajstić information content (AvgIpc) is 3.67. The van der Waals surface area contributed by atoms with E-state index in [-0.39, 0.29) is 30.1 Å². The Balaban J connectivity index is 1.38. The molecule has 0 saturated heterocycles. The van der Waals surface area contributed by atoms with E-state index in [0.29, 0.717) is 30.1 Å². The van der Waals surface area contributed by atoms with Gasteiger partial charge in [-0.3, -0.25) is 4.68 Å². The zero-order valence-corrected chi connectivity index (χ0v) is 23.4. The lowest BCUT2D eigenvalue weighted by Crippen LogP contribution is -2.46. The van der Waals surface area contributed by atoms with Gasteiger partial charge in [0.2, 0.25) is 0 Å². The number of hydrogen-bond acceptors (Lipinski definition) is 7. The van der Waals surface area contributed by atoms with Crippen molar-refractivity contribution in [1.82, 2.24) is 24.5 Å². The molecule has 210 valence electrons. The van der Waals surface area contributed by atoms with Crippen molar-refractivity contribution in [3.8, 4) is 17.6 Å². The summed E-state index contributed by atoms with van der Waals surface area (Å²) >= 11 is 0. The molecular weight excluding hydrogens is 511 g/mol. The number of rotatable bonds is 8. The van der Waals surface area contributed by atoms with Crippen LogP contribution in [0.1, 0.15) is 69.3 Å². The van der Waals surface area contributed by atoms with Crippen LogP contribution in [0.2, 0.25) is 0 Å². The molecule has 0 bridgehead atoms. The number of esters is 1. The quantitative estimate of drug-likeness (QED) is 0.394. The van der Waals surface area contributed by atoms with Crippen LogP contribution in [-0.4, -0.2) is 41.2 Å². The molecule has 1 aliphatic carbocycles. The van der Waals surface area contributed by atoms with Crippen molar-refractivity contribution in [3.05, 3.63) is 64.6 Å². The molecule has 1 N–H and O–H groups in total. The molecule has 0 amide bonds. The van der Waals surface area contributed by atoms with Crippen LogP contribution >= 0.6 is 0 Å². The number of ether oxygens (including phenoxy) is 1. The molecule has 5 rings (SSSR count). The predicted octanol–water partition coefficient (Wildman–Crippen LogP) is 5.02. The van der Waals surface area contributed by atoms with E-state index in [1.54, 1.807) is 42.5 Å². The summed E-state index contributed by atoms with van der Waals surface area (Å²) in [5.41, 5.74) is 0.281. The SMILES string of the molecule is Cn1nccc1-c1nc(CC2=C(O)CC(CCc3ccc(C(C)(C)C#N)c(F)c3)(C3CCCC3)OC2=O)nn1C. The summed E-state index contributed by atoms with van der Waals surface area (Å²) < 4.78 is 24.5. The summed E-state index contributed by atoms with van der Waals surface area (Å²) in [4.78, 5) is 18.0. The highest BCUT2D eigenvalue weighted by Gasteiger charge is 2.48. The molecule has 40 heavy (non-hydrogen) atoms. The Morgan fingerprint density at radius 2 is 1.98 bits per heavy atom. The second-order valence-electron chi connectivity index (χ2n) is 11.6. The highest BCUT2D eigenvalue weighted by molar-refractivity contribution is 5.90. The van der Waals surface area contributed by atoms with Crippen LogP contribution in [0.15, 0.2) is 41.8 Å². The van der Waals surface area contributed by atoms with Gasteiger partial charge in [-0.2, -0.15) is 15.5 Å². The lowest BCUT2D eigenvalue weighted by Gasteiger charge is -2.41. The number of carbonyl (C=O) groups is 1. The Bertz CT molecular complexity index is 1510. The molecule has 1 unspecified atom stereocenters. The van der Waals surface area contributed by atoms with Gasteiger partial charge < -0.3 is 9.84 Å². The molecule has 1 aliphatic heterocycles. The van der Waals surface area contributed by atoms with E-state index < -0.39 is 22.8 Å². The second-order valence-corrected chi connectivity index (χ2v) is 11.6. The van der Waals surface area contributed by atoms with E-state index in [1.165, 1.54) is 6.07 Å². The molecule has 3 aromatic rings. The first-order chi connectivity index (χ1) is 19.0. The highest BCUT2D eigenvalue weighted by Crippen LogP contribution is 2.46. The number of aromatic nitrogens is 5. The van der Waals surface area contributed by atoms with Crippen LogP contribution in [-0.2, 0) is 41.9 Å². The zero-order chi connectivity index (χ0) is 28.7. The molecule has 3 heterocycles. The summed E-state index contributed by atoms with van der Waals surface area (Å²) in [6.07, 6.45) is 6.80. The number of aliphatic hydroxyl groups excluding tert-OH is 1. The average molecular weight is 547 g/mol. The first kappa shape index (κ1) is 27.6. The van der Waals surface area contributed by atoms with Crippen LogP contribution < -0.4 is 0 Å². The van der Waals surface area contributed by atoms with Gasteiger partial charge >= 0.3 is 5.97 Å². The van der Waals surface area contributed by atoms with Gasteiger partial charge in [-0.1, -0.05) is 25.0 Å². The molecule has 0 spiro atoms. The van der Waals surface area contributed by atoms with Gasteiger partial charge in [-0.25, -0.2) is 18.9 Å². The Morgan fingerprint density at radius 1 is 1.23 bits per heavy atom. The summed E-state index contributed by atoms with van der Waals surface area (Å²) in [5, 5.41) is 29.2. The fourth-order valence-electron chi connectivity index (χ4n) is 6.11. The summed E-state index contributed by atoms with van der Waals surface area (Å²) in [6, 6.07) is 8.94. The Hall–Kier alpha value is -4.00. The first-order valence-electron chi connectivity index (χ1n) is 13.8. The minimum atomic E-state index is -0.930. The number of nitriles is 1. The Morgan fingerprint density at radius 3 is 2.60 bits per heavy atom. The smallest absolute Gasteiger partial charge is 0.338 e. The maximum absolute atomic E-state index is 14.9. The molecule has 9 nitrogen and oxygen atoms in total. The number of benzene rings is 1. The number of nitrogens with zero attached hydrogens (tertiary/aromatic N) is 6. The van der Waals surface area contributed by atoms with Crippen molar-refractivity contribution in [2.45, 2.75) is 76.2 Å². The number of hydrogen-bond donors (Lipinski definition) is 1. The van der Waals surface area contributed by atoms with Gasteiger partial charge in [0.15, 0.2) is 11.6 Å². The fraction of sp³-hybridized carbons (Fsp3) is 0.500. The van der Waals surface area contributed by atoms with Gasteiger partial charge in [0.05, 0.1) is 17.1 Å². The van der Waals surface area contributed by atoms with E-state index in [1.807, 2.05) is 19.2 Å². The lowest BCUT2D eigenvalue weighted by molar-refractivity contribution is -0.167. The lowest BCUT2D eigenvalue weighted by atomic mass is 9.76. The first-order valence-corrected chi connectivity index (χ1v) is 13.8. The molecule has 10 heteroatoms. The largest absolute Gasteiger partial charge is 0.512 e. The molecule has 1 atom stereocenters. The van der Waals surface area contributed by atoms with Gasteiger partial charge in [0.25, 0.3) is 0 Å². The predicted molar refractivity (Wildman–Crippen MR) is 145 cm³/mol. The van der Waals surface area contributed by atoms with Crippen molar-refractivity contribution >= 4 is 5.97 Å². The number of aliphatic hydroxyl groups is 1. The van der Waals surface area contributed by atoms with Crippen LogP contribution in [0, 0.1) is 23.1 Å². The second kappa shape index (κ2) is 10.5. The summed E-state index contributed by atoms with van der Waals surface area (Å²) in [5.74, 6) is 0.166. The van der Waals surface area contributed by atoms with Crippen LogP contribution in [0.4, 0.5) is 4.39 Å². The minimum Gasteiger partial charge on any atom is -0.512 e.